The second-order valence-corrected chi connectivity index (χ2v) is 4.83. The van der Waals surface area contributed by atoms with Crippen molar-refractivity contribution in [2.45, 2.75) is 6.54 Å². The average molecular weight is 288 g/mol. The predicted molar refractivity (Wildman–Crippen MR) is 75.4 cm³/mol. The van der Waals surface area contributed by atoms with Crippen molar-refractivity contribution in [2.75, 3.05) is 6.61 Å². The fraction of sp³-hybridized carbons (Fsp3) is 0.143. The first-order chi connectivity index (χ1) is 9.70. The molecule has 102 valence electrons. The van der Waals surface area contributed by atoms with Gasteiger partial charge in [-0.2, -0.15) is 0 Å². The molecule has 0 atom stereocenters. The van der Waals surface area contributed by atoms with E-state index < -0.39 is 0 Å². The zero-order chi connectivity index (χ0) is 14.4. The molecule has 0 fully saturated rings. The summed E-state index contributed by atoms with van der Waals surface area (Å²) in [6.45, 7) is 0.137. The van der Waals surface area contributed by atoms with Crippen LogP contribution < -0.4 is 5.32 Å². The van der Waals surface area contributed by atoms with Crippen LogP contribution in [-0.4, -0.2) is 27.7 Å². The van der Waals surface area contributed by atoms with E-state index in [1.165, 1.54) is 29.8 Å². The monoisotopic (exact) mass is 288 g/mol. The molecule has 0 aromatic carbocycles. The van der Waals surface area contributed by atoms with E-state index in [0.717, 1.165) is 10.4 Å². The van der Waals surface area contributed by atoms with Crippen LogP contribution in [0.1, 0.15) is 20.8 Å². The number of carbonyl (C=O) groups excluding carboxylic acids is 1. The molecule has 20 heavy (non-hydrogen) atoms. The average Bonchev–Trinajstić information content (AvgIpc) is 2.90. The van der Waals surface area contributed by atoms with Crippen molar-refractivity contribution in [2.24, 2.45) is 0 Å². The van der Waals surface area contributed by atoms with Gasteiger partial charge in [0.2, 0.25) is 0 Å². The number of nitrogens with zero attached hydrogens (tertiary/aromatic N) is 1. The number of rotatable bonds is 3. The molecule has 2 aromatic heterocycles. The van der Waals surface area contributed by atoms with E-state index in [2.05, 4.69) is 22.1 Å². The lowest BCUT2D eigenvalue weighted by atomic mass is 10.2. The van der Waals surface area contributed by atoms with Crippen molar-refractivity contribution >= 4 is 17.2 Å². The molecule has 3 N–H and O–H groups in total. The van der Waals surface area contributed by atoms with Gasteiger partial charge in [0.05, 0.1) is 18.3 Å². The van der Waals surface area contributed by atoms with Gasteiger partial charge >= 0.3 is 0 Å². The second kappa shape index (κ2) is 6.70. The Labute approximate surface area is 119 Å². The summed E-state index contributed by atoms with van der Waals surface area (Å²) in [7, 11) is 0. The first kappa shape index (κ1) is 14.1. The number of hydrogen-bond acceptors (Lipinski definition) is 5. The number of hydrogen-bond donors (Lipinski definition) is 3. The Morgan fingerprint density at radius 1 is 1.45 bits per heavy atom. The zero-order valence-electron chi connectivity index (χ0n) is 10.5. The number of aliphatic hydroxyl groups excluding tert-OH is 1. The van der Waals surface area contributed by atoms with Crippen molar-refractivity contribution in [3.05, 3.63) is 45.9 Å². The fourth-order valence-electron chi connectivity index (χ4n) is 1.54. The van der Waals surface area contributed by atoms with E-state index in [-0.39, 0.29) is 18.3 Å². The van der Waals surface area contributed by atoms with Crippen molar-refractivity contribution in [1.82, 2.24) is 10.3 Å². The fourth-order valence-corrected chi connectivity index (χ4v) is 2.31. The Hall–Kier alpha value is -2.36. The van der Waals surface area contributed by atoms with Crippen LogP contribution in [0.25, 0.3) is 0 Å². The largest absolute Gasteiger partial charge is 0.506 e. The molecule has 6 heteroatoms. The van der Waals surface area contributed by atoms with Crippen LogP contribution in [0.4, 0.5) is 0 Å². The molecule has 0 aliphatic carbocycles. The highest BCUT2D eigenvalue weighted by atomic mass is 32.1. The lowest BCUT2D eigenvalue weighted by Gasteiger charge is -2.04. The van der Waals surface area contributed by atoms with Gasteiger partial charge in [0.15, 0.2) is 0 Å². The first-order valence-electron chi connectivity index (χ1n) is 5.79. The normalized spacial score (nSPS) is 9.65. The number of pyridine rings is 1. The topological polar surface area (TPSA) is 82.5 Å². The highest BCUT2D eigenvalue weighted by Gasteiger charge is 2.08. The molecule has 0 saturated heterocycles. The van der Waals surface area contributed by atoms with Crippen molar-refractivity contribution in [3.8, 4) is 17.6 Å². The first-order valence-corrected chi connectivity index (χ1v) is 6.67. The van der Waals surface area contributed by atoms with E-state index in [1.807, 2.05) is 11.4 Å². The maximum absolute atomic E-state index is 11.9. The maximum Gasteiger partial charge on any atom is 0.253 e. The number of nitrogens with one attached hydrogen (secondary N) is 1. The minimum Gasteiger partial charge on any atom is -0.506 e. The molecule has 0 saturated carbocycles. The molecular weight excluding hydrogens is 276 g/mol. The Morgan fingerprint density at radius 2 is 2.30 bits per heavy atom. The van der Waals surface area contributed by atoms with Gasteiger partial charge in [0.25, 0.3) is 5.91 Å². The zero-order valence-corrected chi connectivity index (χ0v) is 11.3. The highest BCUT2D eigenvalue weighted by Crippen LogP contribution is 2.16. The quantitative estimate of drug-likeness (QED) is 0.739. The van der Waals surface area contributed by atoms with Gasteiger partial charge in [-0.05, 0) is 17.5 Å². The molecular formula is C14H12N2O3S. The van der Waals surface area contributed by atoms with Crippen LogP contribution in [0.3, 0.4) is 0 Å². The van der Waals surface area contributed by atoms with Crippen LogP contribution in [-0.2, 0) is 6.54 Å². The highest BCUT2D eigenvalue weighted by molar-refractivity contribution is 7.10. The third kappa shape index (κ3) is 3.57. The molecule has 0 unspecified atom stereocenters. The maximum atomic E-state index is 11.9. The SMILES string of the molecule is O=C(NCc1sccc1C#CCO)c1cncc(O)c1. The molecule has 5 nitrogen and oxygen atoms in total. The molecule has 0 spiro atoms. The van der Waals surface area contributed by atoms with E-state index in [4.69, 9.17) is 5.11 Å². The summed E-state index contributed by atoms with van der Waals surface area (Å²) in [5, 5.41) is 22.6. The summed E-state index contributed by atoms with van der Waals surface area (Å²) in [6.07, 6.45) is 2.65. The third-order valence-electron chi connectivity index (χ3n) is 2.44. The number of aromatic hydroxyl groups is 1. The molecule has 0 radical (unpaired) electrons. The summed E-state index contributed by atoms with van der Waals surface area (Å²) in [5.41, 5.74) is 1.09. The lowest BCUT2D eigenvalue weighted by Crippen LogP contribution is -2.22. The summed E-state index contributed by atoms with van der Waals surface area (Å²) >= 11 is 1.48. The van der Waals surface area contributed by atoms with Gasteiger partial charge in [0, 0.05) is 16.6 Å². The van der Waals surface area contributed by atoms with E-state index >= 15 is 0 Å². The molecule has 1 amide bonds. The molecule has 0 aliphatic rings. The van der Waals surface area contributed by atoms with Crippen LogP contribution in [0, 0.1) is 11.8 Å². The van der Waals surface area contributed by atoms with Gasteiger partial charge in [0.1, 0.15) is 12.4 Å². The lowest BCUT2D eigenvalue weighted by molar-refractivity contribution is 0.0950. The Bertz CT molecular complexity index is 670. The molecule has 0 bridgehead atoms. The Kier molecular flexibility index (Phi) is 4.71. The standard InChI is InChI=1S/C14H12N2O3S/c17-4-1-2-10-3-5-20-13(10)9-16-14(19)11-6-12(18)8-15-7-11/h3,5-8,17-18H,4,9H2,(H,16,19). The summed E-state index contributed by atoms with van der Waals surface area (Å²) in [6, 6.07) is 3.19. The summed E-state index contributed by atoms with van der Waals surface area (Å²) in [4.78, 5) is 16.5. The summed E-state index contributed by atoms with van der Waals surface area (Å²) < 4.78 is 0. The van der Waals surface area contributed by atoms with E-state index in [1.54, 1.807) is 0 Å². The number of aromatic nitrogens is 1. The number of thiophene rings is 1. The van der Waals surface area contributed by atoms with Gasteiger partial charge in [-0.15, -0.1) is 11.3 Å². The smallest absolute Gasteiger partial charge is 0.253 e. The van der Waals surface area contributed by atoms with Gasteiger partial charge in [-0.25, -0.2) is 0 Å². The van der Waals surface area contributed by atoms with Crippen molar-refractivity contribution in [3.63, 3.8) is 0 Å². The van der Waals surface area contributed by atoms with Gasteiger partial charge < -0.3 is 15.5 Å². The van der Waals surface area contributed by atoms with E-state index in [9.17, 15) is 9.90 Å². The number of carbonyl (C=O) groups is 1. The summed E-state index contributed by atoms with van der Waals surface area (Å²) in [5.74, 6) is 5.03. The third-order valence-corrected chi connectivity index (χ3v) is 3.36. The van der Waals surface area contributed by atoms with Crippen LogP contribution >= 0.6 is 11.3 Å². The van der Waals surface area contributed by atoms with Gasteiger partial charge in [-0.3, -0.25) is 9.78 Å². The van der Waals surface area contributed by atoms with Crippen molar-refractivity contribution in [1.29, 1.82) is 0 Å². The van der Waals surface area contributed by atoms with Gasteiger partial charge in [-0.1, -0.05) is 11.8 Å². The van der Waals surface area contributed by atoms with Crippen molar-refractivity contribution < 1.29 is 15.0 Å². The van der Waals surface area contributed by atoms with Crippen LogP contribution in [0.15, 0.2) is 29.9 Å². The minimum absolute atomic E-state index is 0.0525. The Balaban J connectivity index is 2.02. The Morgan fingerprint density at radius 3 is 3.05 bits per heavy atom. The minimum atomic E-state index is -0.317. The molecule has 0 aliphatic heterocycles. The number of amides is 1. The predicted octanol–water partition coefficient (Wildman–Crippen LogP) is 1.12. The molecule has 2 aromatic rings. The van der Waals surface area contributed by atoms with Crippen LogP contribution in [0.5, 0.6) is 5.75 Å². The molecule has 2 rings (SSSR count). The molecule has 2 heterocycles. The van der Waals surface area contributed by atoms with Crippen LogP contribution in [0.2, 0.25) is 0 Å². The second-order valence-electron chi connectivity index (χ2n) is 3.83. The number of aliphatic hydroxyl groups is 1. The van der Waals surface area contributed by atoms with E-state index in [0.29, 0.717) is 12.1 Å².